The van der Waals surface area contributed by atoms with E-state index in [1.807, 2.05) is 6.08 Å². The number of thiocarbonyl (C=S) groups is 1. The zero-order chi connectivity index (χ0) is 19.4. The molecular weight excluding hydrogens is 368 g/mol. The SMILES string of the molecule is Cc1cc(/C=C2\SC(=S)N(CCCCCC(=O)O)C2=O)c(C)n1C(C)C. The molecule has 1 saturated heterocycles. The van der Waals surface area contributed by atoms with Crippen molar-refractivity contribution in [3.8, 4) is 0 Å². The maximum atomic E-state index is 12.7. The number of hydrogen-bond donors (Lipinski definition) is 1. The smallest absolute Gasteiger partial charge is 0.303 e. The van der Waals surface area contributed by atoms with E-state index in [1.54, 1.807) is 4.90 Å². The first-order valence-corrected chi connectivity index (χ1v) is 10.1. The molecule has 142 valence electrons. The fraction of sp³-hybridized carbons (Fsp3) is 0.526. The largest absolute Gasteiger partial charge is 0.481 e. The van der Waals surface area contributed by atoms with Crippen LogP contribution in [-0.4, -0.2) is 37.3 Å². The van der Waals surface area contributed by atoms with Crippen LogP contribution in [0.2, 0.25) is 0 Å². The van der Waals surface area contributed by atoms with E-state index in [-0.39, 0.29) is 12.3 Å². The van der Waals surface area contributed by atoms with E-state index >= 15 is 0 Å². The molecule has 0 spiro atoms. The van der Waals surface area contributed by atoms with Gasteiger partial charge in [-0.1, -0.05) is 30.4 Å². The molecule has 5 nitrogen and oxygen atoms in total. The summed E-state index contributed by atoms with van der Waals surface area (Å²) in [6.07, 6.45) is 4.27. The molecule has 0 aliphatic carbocycles. The monoisotopic (exact) mass is 394 g/mol. The first-order valence-electron chi connectivity index (χ1n) is 8.88. The van der Waals surface area contributed by atoms with Crippen LogP contribution >= 0.6 is 24.0 Å². The molecular formula is C19H26N2O3S2. The summed E-state index contributed by atoms with van der Waals surface area (Å²) in [6.45, 7) is 8.99. The van der Waals surface area contributed by atoms with Gasteiger partial charge in [0, 0.05) is 30.4 Å². The summed E-state index contributed by atoms with van der Waals surface area (Å²) < 4.78 is 2.84. The molecule has 1 aliphatic heterocycles. The molecule has 2 heterocycles. The zero-order valence-corrected chi connectivity index (χ0v) is 17.4. The second-order valence-electron chi connectivity index (χ2n) is 6.83. The van der Waals surface area contributed by atoms with Crippen LogP contribution in [0.3, 0.4) is 0 Å². The minimum Gasteiger partial charge on any atom is -0.481 e. The van der Waals surface area contributed by atoms with Crippen molar-refractivity contribution in [2.45, 2.75) is 59.4 Å². The summed E-state index contributed by atoms with van der Waals surface area (Å²) >= 11 is 6.71. The van der Waals surface area contributed by atoms with Gasteiger partial charge in [0.1, 0.15) is 4.32 Å². The fourth-order valence-electron chi connectivity index (χ4n) is 3.30. The molecule has 0 aromatic carbocycles. The van der Waals surface area contributed by atoms with E-state index in [0.29, 0.717) is 28.2 Å². The Kier molecular flexibility index (Phi) is 7.06. The van der Waals surface area contributed by atoms with Crippen LogP contribution in [0.15, 0.2) is 11.0 Å². The molecule has 0 atom stereocenters. The first kappa shape index (κ1) is 20.7. The standard InChI is InChI=1S/C19H26N2O3S2/c1-12(2)21-13(3)10-15(14(21)4)11-16-18(24)20(19(25)26-16)9-7-5-6-8-17(22)23/h10-12H,5-9H2,1-4H3,(H,22,23)/b16-11-. The number of carboxylic acid groups (broad SMARTS) is 1. The summed E-state index contributed by atoms with van der Waals surface area (Å²) in [5, 5.41) is 8.66. The number of hydrogen-bond acceptors (Lipinski definition) is 4. The van der Waals surface area contributed by atoms with Gasteiger partial charge in [-0.2, -0.15) is 0 Å². The van der Waals surface area contributed by atoms with Crippen LogP contribution in [0.1, 0.15) is 62.5 Å². The van der Waals surface area contributed by atoms with E-state index in [2.05, 4.69) is 38.3 Å². The molecule has 1 aromatic heterocycles. The maximum absolute atomic E-state index is 12.7. The van der Waals surface area contributed by atoms with Crippen molar-refractivity contribution in [1.29, 1.82) is 0 Å². The van der Waals surface area contributed by atoms with Crippen molar-refractivity contribution in [2.24, 2.45) is 0 Å². The number of amides is 1. The highest BCUT2D eigenvalue weighted by Crippen LogP contribution is 2.34. The van der Waals surface area contributed by atoms with Gasteiger partial charge in [0.15, 0.2) is 0 Å². The Hall–Kier alpha value is -1.60. The molecule has 2 rings (SSSR count). The normalized spacial score (nSPS) is 16.3. The molecule has 0 unspecified atom stereocenters. The van der Waals surface area contributed by atoms with Gasteiger partial charge in [0.2, 0.25) is 0 Å². The highest BCUT2D eigenvalue weighted by molar-refractivity contribution is 8.26. The topological polar surface area (TPSA) is 62.5 Å². The lowest BCUT2D eigenvalue weighted by molar-refractivity contribution is -0.137. The van der Waals surface area contributed by atoms with E-state index in [1.165, 1.54) is 17.5 Å². The fourth-order valence-corrected chi connectivity index (χ4v) is 4.60. The molecule has 0 saturated carbocycles. The van der Waals surface area contributed by atoms with Crippen LogP contribution < -0.4 is 0 Å². The number of aryl methyl sites for hydroxylation is 1. The molecule has 1 aliphatic rings. The summed E-state index contributed by atoms with van der Waals surface area (Å²) in [7, 11) is 0. The number of aromatic nitrogens is 1. The molecule has 0 bridgehead atoms. The van der Waals surface area contributed by atoms with Crippen molar-refractivity contribution in [3.05, 3.63) is 27.9 Å². The lowest BCUT2D eigenvalue weighted by Gasteiger charge is -2.14. The predicted molar refractivity (Wildman–Crippen MR) is 110 cm³/mol. The van der Waals surface area contributed by atoms with Crippen molar-refractivity contribution >= 4 is 46.3 Å². The van der Waals surface area contributed by atoms with Crippen LogP contribution in [0.5, 0.6) is 0 Å². The molecule has 1 aromatic rings. The van der Waals surface area contributed by atoms with Gasteiger partial charge in [0.25, 0.3) is 5.91 Å². The van der Waals surface area contributed by atoms with Crippen molar-refractivity contribution in [2.75, 3.05) is 6.54 Å². The Balaban J connectivity index is 2.05. The van der Waals surface area contributed by atoms with E-state index in [4.69, 9.17) is 17.3 Å². The number of rotatable bonds is 8. The summed E-state index contributed by atoms with van der Waals surface area (Å²) in [5.74, 6) is -0.829. The highest BCUT2D eigenvalue weighted by Gasteiger charge is 2.31. The predicted octanol–water partition coefficient (Wildman–Crippen LogP) is 4.53. The number of nitrogens with zero attached hydrogens (tertiary/aromatic N) is 2. The minimum atomic E-state index is -0.780. The maximum Gasteiger partial charge on any atom is 0.303 e. The summed E-state index contributed by atoms with van der Waals surface area (Å²) in [6, 6.07) is 2.48. The Morgan fingerprint density at radius 3 is 2.58 bits per heavy atom. The van der Waals surface area contributed by atoms with Gasteiger partial charge in [0.05, 0.1) is 4.91 Å². The molecule has 7 heteroatoms. The second kappa shape index (κ2) is 8.86. The third-order valence-electron chi connectivity index (χ3n) is 4.47. The van der Waals surface area contributed by atoms with Crippen LogP contribution in [0.25, 0.3) is 6.08 Å². The lowest BCUT2D eigenvalue weighted by Crippen LogP contribution is -2.29. The summed E-state index contributed by atoms with van der Waals surface area (Å²) in [4.78, 5) is 25.5. The zero-order valence-electron chi connectivity index (χ0n) is 15.7. The van der Waals surface area contributed by atoms with Crippen LogP contribution in [-0.2, 0) is 9.59 Å². The number of carboxylic acids is 1. The molecule has 1 fully saturated rings. The van der Waals surface area contributed by atoms with Crippen molar-refractivity contribution < 1.29 is 14.7 Å². The van der Waals surface area contributed by atoms with Crippen LogP contribution in [0, 0.1) is 13.8 Å². The van der Waals surface area contributed by atoms with Gasteiger partial charge in [-0.25, -0.2) is 0 Å². The Bertz CT molecular complexity index is 750. The third kappa shape index (κ3) is 4.76. The van der Waals surface area contributed by atoms with Gasteiger partial charge in [-0.3, -0.25) is 14.5 Å². The minimum absolute atomic E-state index is 0.0485. The Labute approximate surface area is 164 Å². The van der Waals surface area contributed by atoms with Gasteiger partial charge in [-0.05, 0) is 58.2 Å². The third-order valence-corrected chi connectivity index (χ3v) is 5.85. The molecule has 1 amide bonds. The number of carbonyl (C=O) groups excluding carboxylic acids is 1. The van der Waals surface area contributed by atoms with E-state index < -0.39 is 5.97 Å². The molecule has 26 heavy (non-hydrogen) atoms. The summed E-state index contributed by atoms with van der Waals surface area (Å²) in [5.41, 5.74) is 3.38. The Morgan fingerprint density at radius 2 is 2.00 bits per heavy atom. The molecule has 0 radical (unpaired) electrons. The van der Waals surface area contributed by atoms with Gasteiger partial charge >= 0.3 is 5.97 Å². The first-order chi connectivity index (χ1) is 12.2. The van der Waals surface area contributed by atoms with Crippen LogP contribution in [0.4, 0.5) is 0 Å². The van der Waals surface area contributed by atoms with E-state index in [9.17, 15) is 9.59 Å². The number of carbonyl (C=O) groups is 2. The highest BCUT2D eigenvalue weighted by atomic mass is 32.2. The quantitative estimate of drug-likeness (QED) is 0.399. The number of thioether (sulfide) groups is 1. The van der Waals surface area contributed by atoms with E-state index in [0.717, 1.165) is 24.1 Å². The molecule has 1 N–H and O–H groups in total. The van der Waals surface area contributed by atoms with Crippen molar-refractivity contribution in [3.63, 3.8) is 0 Å². The average Bonchev–Trinajstić information content (AvgIpc) is 2.96. The number of aliphatic carboxylic acids is 1. The second-order valence-corrected chi connectivity index (χ2v) is 8.50. The lowest BCUT2D eigenvalue weighted by atomic mass is 10.2. The van der Waals surface area contributed by atoms with Gasteiger partial charge in [-0.15, -0.1) is 0 Å². The Morgan fingerprint density at radius 1 is 1.31 bits per heavy atom. The average molecular weight is 395 g/mol. The van der Waals surface area contributed by atoms with Gasteiger partial charge < -0.3 is 9.67 Å². The number of unbranched alkanes of at least 4 members (excludes halogenated alkanes) is 2. The van der Waals surface area contributed by atoms with Crippen molar-refractivity contribution in [1.82, 2.24) is 9.47 Å².